The van der Waals surface area contributed by atoms with E-state index in [9.17, 15) is 19.5 Å². The van der Waals surface area contributed by atoms with Crippen LogP contribution in [0.4, 0.5) is 0 Å². The zero-order valence-corrected chi connectivity index (χ0v) is 21.0. The highest BCUT2D eigenvalue weighted by atomic mass is 16.5. The molecule has 2 atom stereocenters. The van der Waals surface area contributed by atoms with Crippen LogP contribution in [0.3, 0.4) is 0 Å². The molecular formula is C27H34N2O7. The normalized spacial score (nSPS) is 17.4. The van der Waals surface area contributed by atoms with Crippen LogP contribution in [-0.2, 0) is 20.9 Å². The minimum atomic E-state index is -0.824. The van der Waals surface area contributed by atoms with E-state index in [0.717, 1.165) is 12.0 Å². The van der Waals surface area contributed by atoms with E-state index >= 15 is 0 Å². The van der Waals surface area contributed by atoms with Gasteiger partial charge in [-0.05, 0) is 43.4 Å². The second-order valence-electron chi connectivity index (χ2n) is 8.61. The number of hydrogen-bond donors (Lipinski definition) is 2. The molecule has 1 aliphatic heterocycles. The molecule has 9 heteroatoms. The summed E-state index contributed by atoms with van der Waals surface area (Å²) in [4.78, 5) is 41.0. The second-order valence-corrected chi connectivity index (χ2v) is 8.61. The van der Waals surface area contributed by atoms with Gasteiger partial charge in [0.2, 0.25) is 11.7 Å². The first-order chi connectivity index (χ1) is 17.4. The highest BCUT2D eigenvalue weighted by Gasteiger charge is 2.40. The summed E-state index contributed by atoms with van der Waals surface area (Å²) < 4.78 is 15.9. The molecule has 9 nitrogen and oxygen atoms in total. The number of methoxy groups -OCH3 is 2. The molecule has 2 N–H and O–H groups in total. The van der Waals surface area contributed by atoms with Crippen molar-refractivity contribution in [3.63, 3.8) is 0 Å². The van der Waals surface area contributed by atoms with Crippen molar-refractivity contribution >= 4 is 17.6 Å². The van der Waals surface area contributed by atoms with Gasteiger partial charge in [-0.3, -0.25) is 14.4 Å². The number of benzene rings is 2. The van der Waals surface area contributed by atoms with E-state index in [0.29, 0.717) is 39.0 Å². The van der Waals surface area contributed by atoms with Crippen molar-refractivity contribution in [3.8, 4) is 17.2 Å². The van der Waals surface area contributed by atoms with Gasteiger partial charge in [0.1, 0.15) is 6.04 Å². The molecule has 0 spiro atoms. The van der Waals surface area contributed by atoms with E-state index in [-0.39, 0.29) is 34.8 Å². The Kier molecular flexibility index (Phi) is 9.69. The van der Waals surface area contributed by atoms with E-state index in [2.05, 4.69) is 5.32 Å². The highest BCUT2D eigenvalue weighted by Crippen LogP contribution is 2.38. The molecule has 0 aromatic heterocycles. The number of carbonyl (C=O) groups is 3. The second kappa shape index (κ2) is 12.9. The van der Waals surface area contributed by atoms with Crippen molar-refractivity contribution < 1.29 is 33.7 Å². The number of hydrogen-bond acceptors (Lipinski definition) is 7. The lowest BCUT2D eigenvalue weighted by molar-refractivity contribution is -0.142. The fourth-order valence-corrected chi connectivity index (χ4v) is 4.49. The fourth-order valence-electron chi connectivity index (χ4n) is 4.49. The number of piperidine rings is 1. The van der Waals surface area contributed by atoms with Crippen LogP contribution >= 0.6 is 0 Å². The zero-order chi connectivity index (χ0) is 26.1. The lowest BCUT2D eigenvalue weighted by Crippen LogP contribution is -2.57. The first kappa shape index (κ1) is 27.0. The molecule has 0 bridgehead atoms. The van der Waals surface area contributed by atoms with Crippen LogP contribution in [0, 0.1) is 0 Å². The van der Waals surface area contributed by atoms with Crippen molar-refractivity contribution in [2.24, 2.45) is 0 Å². The number of ether oxygens (including phenoxy) is 3. The molecule has 1 saturated heterocycles. The maximum atomic E-state index is 13.4. The van der Waals surface area contributed by atoms with Crippen molar-refractivity contribution in [1.29, 1.82) is 0 Å². The highest BCUT2D eigenvalue weighted by molar-refractivity contribution is 6.43. The summed E-state index contributed by atoms with van der Waals surface area (Å²) in [6.45, 7) is 2.98. The van der Waals surface area contributed by atoms with Crippen LogP contribution in [0.25, 0.3) is 0 Å². The Balaban J connectivity index is 1.68. The third kappa shape index (κ3) is 6.34. The Morgan fingerprint density at radius 3 is 2.50 bits per heavy atom. The topological polar surface area (TPSA) is 114 Å². The first-order valence-corrected chi connectivity index (χ1v) is 12.1. The number of phenolic OH excluding ortho intramolecular Hbond substituents is 1. The summed E-state index contributed by atoms with van der Waals surface area (Å²) in [5, 5.41) is 13.1. The van der Waals surface area contributed by atoms with Crippen LogP contribution in [0.1, 0.15) is 48.5 Å². The minimum Gasteiger partial charge on any atom is -0.504 e. The quantitative estimate of drug-likeness (QED) is 0.278. The number of nitrogens with zero attached hydrogens (tertiary/aromatic N) is 1. The fraction of sp³-hybridized carbons (Fsp3) is 0.444. The van der Waals surface area contributed by atoms with Crippen molar-refractivity contribution in [3.05, 3.63) is 53.6 Å². The summed E-state index contributed by atoms with van der Waals surface area (Å²) >= 11 is 0. The SMILES string of the molecule is CCC1CCCC(C(=O)NCCOCc2ccccc2)N1C(=O)C(=O)c1cc(O)c(OC)c(OC)c1. The van der Waals surface area contributed by atoms with E-state index in [1.54, 1.807) is 0 Å². The maximum absolute atomic E-state index is 13.4. The molecule has 1 aliphatic rings. The molecule has 1 heterocycles. The van der Waals surface area contributed by atoms with Gasteiger partial charge in [-0.1, -0.05) is 37.3 Å². The van der Waals surface area contributed by atoms with Crippen LogP contribution in [0.5, 0.6) is 17.2 Å². The van der Waals surface area contributed by atoms with Gasteiger partial charge < -0.3 is 29.5 Å². The van der Waals surface area contributed by atoms with Gasteiger partial charge in [0.25, 0.3) is 11.7 Å². The summed E-state index contributed by atoms with van der Waals surface area (Å²) in [6.07, 6.45) is 2.55. The Morgan fingerprint density at radius 2 is 1.83 bits per heavy atom. The molecule has 36 heavy (non-hydrogen) atoms. The van der Waals surface area contributed by atoms with E-state index in [4.69, 9.17) is 14.2 Å². The molecule has 3 rings (SSSR count). The summed E-state index contributed by atoms with van der Waals surface area (Å²) in [7, 11) is 2.73. The Labute approximate surface area is 211 Å². The predicted octanol–water partition coefficient (Wildman–Crippen LogP) is 3.08. The summed E-state index contributed by atoms with van der Waals surface area (Å²) in [5.74, 6) is -2.04. The number of likely N-dealkylation sites (tertiary alicyclic amines) is 1. The maximum Gasteiger partial charge on any atom is 0.295 e. The lowest BCUT2D eigenvalue weighted by Gasteiger charge is -2.40. The summed E-state index contributed by atoms with van der Waals surface area (Å²) in [6, 6.07) is 11.2. The average Bonchev–Trinajstić information content (AvgIpc) is 2.91. The first-order valence-electron chi connectivity index (χ1n) is 12.1. The van der Waals surface area contributed by atoms with Crippen molar-refractivity contribution in [2.75, 3.05) is 27.4 Å². The molecular weight excluding hydrogens is 464 g/mol. The molecule has 0 radical (unpaired) electrons. The van der Waals surface area contributed by atoms with Gasteiger partial charge in [-0.2, -0.15) is 0 Å². The van der Waals surface area contributed by atoms with E-state index < -0.39 is 17.7 Å². The van der Waals surface area contributed by atoms with Gasteiger partial charge in [0.05, 0.1) is 27.4 Å². The Morgan fingerprint density at radius 1 is 1.08 bits per heavy atom. The van der Waals surface area contributed by atoms with Crippen LogP contribution < -0.4 is 14.8 Å². The van der Waals surface area contributed by atoms with Gasteiger partial charge in [0, 0.05) is 18.2 Å². The van der Waals surface area contributed by atoms with Gasteiger partial charge in [0.15, 0.2) is 11.5 Å². The van der Waals surface area contributed by atoms with Crippen molar-refractivity contribution in [1.82, 2.24) is 10.2 Å². The average molecular weight is 499 g/mol. The van der Waals surface area contributed by atoms with Crippen molar-refractivity contribution in [2.45, 2.75) is 51.3 Å². The third-order valence-electron chi connectivity index (χ3n) is 6.33. The predicted molar refractivity (Wildman–Crippen MR) is 133 cm³/mol. The van der Waals surface area contributed by atoms with Crippen LogP contribution in [0.2, 0.25) is 0 Å². The van der Waals surface area contributed by atoms with E-state index in [1.807, 2.05) is 37.3 Å². The number of carbonyl (C=O) groups excluding carboxylic acids is 3. The molecule has 2 amide bonds. The largest absolute Gasteiger partial charge is 0.504 e. The molecule has 2 aromatic rings. The minimum absolute atomic E-state index is 0.0379. The molecule has 0 saturated carbocycles. The molecule has 0 aliphatic carbocycles. The Hall–Kier alpha value is -3.59. The number of ketones is 1. The molecule has 194 valence electrons. The molecule has 2 unspecified atom stereocenters. The molecule has 2 aromatic carbocycles. The third-order valence-corrected chi connectivity index (χ3v) is 6.33. The lowest BCUT2D eigenvalue weighted by atomic mass is 9.92. The van der Waals surface area contributed by atoms with Crippen LogP contribution in [-0.4, -0.2) is 67.1 Å². The standard InChI is InChI=1S/C27H34N2O7/c1-4-20-11-8-12-21(26(32)28-13-14-36-17-18-9-6-5-7-10-18)29(20)27(33)24(31)19-15-22(30)25(35-3)23(16-19)34-2/h5-7,9-10,15-16,20-21,30H,4,8,11-14,17H2,1-3H3,(H,28,32). The Bertz CT molecular complexity index is 1060. The van der Waals surface area contributed by atoms with Gasteiger partial charge in [-0.15, -0.1) is 0 Å². The number of Topliss-reactive ketones (excluding diaryl/α,β-unsaturated/α-hetero) is 1. The number of rotatable bonds is 11. The van der Waals surface area contributed by atoms with Crippen LogP contribution in [0.15, 0.2) is 42.5 Å². The van der Waals surface area contributed by atoms with E-state index in [1.165, 1.54) is 31.3 Å². The van der Waals surface area contributed by atoms with Gasteiger partial charge >= 0.3 is 0 Å². The van der Waals surface area contributed by atoms with Gasteiger partial charge in [-0.25, -0.2) is 0 Å². The number of phenols is 1. The number of nitrogens with one attached hydrogen (secondary N) is 1. The molecule has 1 fully saturated rings. The smallest absolute Gasteiger partial charge is 0.295 e. The number of aromatic hydroxyl groups is 1. The number of amides is 2. The zero-order valence-electron chi connectivity index (χ0n) is 21.0. The summed E-state index contributed by atoms with van der Waals surface area (Å²) in [5.41, 5.74) is 1.00. The monoisotopic (exact) mass is 498 g/mol.